The lowest BCUT2D eigenvalue weighted by molar-refractivity contribution is -0.120. The third-order valence-corrected chi connectivity index (χ3v) is 8.73. The number of anilines is 1. The summed E-state index contributed by atoms with van der Waals surface area (Å²) in [6, 6.07) is 11.6. The number of hydrogen-bond donors (Lipinski definition) is 1. The molecule has 8 heteroatoms. The number of hydrogen-bond acceptors (Lipinski definition) is 4. The van der Waals surface area contributed by atoms with Gasteiger partial charge in [0.25, 0.3) is 0 Å². The van der Waals surface area contributed by atoms with Gasteiger partial charge in [0.1, 0.15) is 5.82 Å². The van der Waals surface area contributed by atoms with Crippen LogP contribution in [0.15, 0.2) is 53.7 Å². The lowest BCUT2D eigenvalue weighted by Gasteiger charge is -2.31. The van der Waals surface area contributed by atoms with Crippen LogP contribution in [0.5, 0.6) is 0 Å². The van der Waals surface area contributed by atoms with Gasteiger partial charge >= 0.3 is 0 Å². The van der Waals surface area contributed by atoms with Crippen molar-refractivity contribution in [3.05, 3.63) is 76.9 Å². The minimum atomic E-state index is -3.58. The Kier molecular flexibility index (Phi) is 6.91. The first-order chi connectivity index (χ1) is 16.1. The predicted octanol–water partition coefficient (Wildman–Crippen LogP) is 4.20. The summed E-state index contributed by atoms with van der Waals surface area (Å²) in [6.45, 7) is 9.03. The van der Waals surface area contributed by atoms with Crippen molar-refractivity contribution in [1.82, 2.24) is 13.9 Å². The van der Waals surface area contributed by atoms with E-state index in [-0.39, 0.29) is 11.8 Å². The number of sulfonamides is 1. The topological polar surface area (TPSA) is 84.3 Å². The number of amides is 1. The lowest BCUT2D eigenvalue weighted by atomic mass is 9.97. The quantitative estimate of drug-likeness (QED) is 0.573. The molecule has 0 spiro atoms. The summed E-state index contributed by atoms with van der Waals surface area (Å²) < 4.78 is 30.2. The maximum atomic E-state index is 13.3. The van der Waals surface area contributed by atoms with E-state index in [4.69, 9.17) is 0 Å². The zero-order valence-electron chi connectivity index (χ0n) is 20.2. The Labute approximate surface area is 201 Å². The molecule has 0 unspecified atom stereocenters. The summed E-state index contributed by atoms with van der Waals surface area (Å²) in [5.41, 5.74) is 4.46. The molecule has 1 N–H and O–H groups in total. The zero-order valence-corrected chi connectivity index (χ0v) is 21.0. The maximum Gasteiger partial charge on any atom is 0.243 e. The van der Waals surface area contributed by atoms with Crippen molar-refractivity contribution < 1.29 is 13.2 Å². The van der Waals surface area contributed by atoms with Crippen LogP contribution in [0.2, 0.25) is 0 Å². The second kappa shape index (κ2) is 9.72. The molecule has 0 atom stereocenters. The molecule has 2 aromatic carbocycles. The standard InChI is InChI=1S/C26H32N4O3S/c1-18-15-19(2)25(20(3)16-18)34(32,33)30-12-9-23(10-13-30)26(31)28-24-7-5-22(6-8-24)17-29-14-11-27-21(29)4/h5-8,11,14-16,23H,9-10,12-13,17H2,1-4H3,(H,28,31). The van der Waals surface area contributed by atoms with Gasteiger partial charge in [0.15, 0.2) is 0 Å². The number of aryl methyl sites for hydroxylation is 4. The SMILES string of the molecule is Cc1cc(C)c(S(=O)(=O)N2CCC(C(=O)Nc3ccc(Cn4ccnc4C)cc3)CC2)c(C)c1. The number of rotatable bonds is 6. The van der Waals surface area contributed by atoms with E-state index in [1.165, 1.54) is 4.31 Å². The largest absolute Gasteiger partial charge is 0.331 e. The molecule has 7 nitrogen and oxygen atoms in total. The molecule has 1 amide bonds. The monoisotopic (exact) mass is 480 g/mol. The van der Waals surface area contributed by atoms with Crippen molar-refractivity contribution in [3.63, 3.8) is 0 Å². The molecular weight excluding hydrogens is 448 g/mol. The van der Waals surface area contributed by atoms with E-state index in [0.29, 0.717) is 30.8 Å². The van der Waals surface area contributed by atoms with Gasteiger partial charge in [-0.2, -0.15) is 4.31 Å². The van der Waals surface area contributed by atoms with Crippen LogP contribution in [-0.2, 0) is 21.4 Å². The van der Waals surface area contributed by atoms with Crippen LogP contribution in [0, 0.1) is 33.6 Å². The van der Waals surface area contributed by atoms with Gasteiger partial charge in [0.2, 0.25) is 15.9 Å². The van der Waals surface area contributed by atoms with Gasteiger partial charge < -0.3 is 9.88 Å². The highest BCUT2D eigenvalue weighted by atomic mass is 32.2. The number of nitrogens with one attached hydrogen (secondary N) is 1. The van der Waals surface area contributed by atoms with Crippen LogP contribution in [0.4, 0.5) is 5.69 Å². The average Bonchev–Trinajstić information content (AvgIpc) is 3.18. The Hall–Kier alpha value is -2.97. The molecule has 3 aromatic rings. The Morgan fingerprint density at radius 2 is 1.65 bits per heavy atom. The highest BCUT2D eigenvalue weighted by molar-refractivity contribution is 7.89. The van der Waals surface area contributed by atoms with Gasteiger partial charge in [-0.1, -0.05) is 29.8 Å². The van der Waals surface area contributed by atoms with E-state index in [1.54, 1.807) is 6.20 Å². The van der Waals surface area contributed by atoms with Crippen molar-refractivity contribution in [3.8, 4) is 0 Å². The molecule has 0 saturated carbocycles. The average molecular weight is 481 g/mol. The number of nitrogens with zero attached hydrogens (tertiary/aromatic N) is 3. The van der Waals surface area contributed by atoms with E-state index in [0.717, 1.165) is 40.3 Å². The van der Waals surface area contributed by atoms with E-state index < -0.39 is 10.0 Å². The third kappa shape index (κ3) is 5.08. The van der Waals surface area contributed by atoms with Crippen LogP contribution in [-0.4, -0.2) is 41.3 Å². The number of imidazole rings is 1. The molecule has 1 fully saturated rings. The van der Waals surface area contributed by atoms with Gasteiger partial charge in [-0.15, -0.1) is 0 Å². The van der Waals surface area contributed by atoms with Crippen LogP contribution in [0.3, 0.4) is 0 Å². The molecule has 0 aliphatic carbocycles. The molecule has 4 rings (SSSR count). The van der Waals surface area contributed by atoms with Crippen molar-refractivity contribution in [1.29, 1.82) is 0 Å². The lowest BCUT2D eigenvalue weighted by Crippen LogP contribution is -2.41. The molecule has 1 aromatic heterocycles. The van der Waals surface area contributed by atoms with Crippen LogP contribution in [0.25, 0.3) is 0 Å². The number of carbonyl (C=O) groups excluding carboxylic acids is 1. The van der Waals surface area contributed by atoms with E-state index in [2.05, 4.69) is 14.9 Å². The normalized spacial score (nSPS) is 15.4. The minimum Gasteiger partial charge on any atom is -0.331 e. The predicted molar refractivity (Wildman–Crippen MR) is 133 cm³/mol. The summed E-state index contributed by atoms with van der Waals surface area (Å²) >= 11 is 0. The van der Waals surface area contributed by atoms with Crippen LogP contribution in [0.1, 0.15) is 40.9 Å². The van der Waals surface area contributed by atoms with E-state index in [1.807, 2.05) is 70.3 Å². The molecular formula is C26H32N4O3S. The van der Waals surface area contributed by atoms with Crippen LogP contribution < -0.4 is 5.32 Å². The van der Waals surface area contributed by atoms with Gasteiger partial charge in [-0.3, -0.25) is 4.79 Å². The molecule has 180 valence electrons. The molecule has 1 aliphatic heterocycles. The first kappa shape index (κ1) is 24.2. The fourth-order valence-corrected chi connectivity index (χ4v) is 6.65. The summed E-state index contributed by atoms with van der Waals surface area (Å²) in [4.78, 5) is 17.5. The first-order valence-electron chi connectivity index (χ1n) is 11.6. The molecule has 0 radical (unpaired) electrons. The number of piperidine rings is 1. The van der Waals surface area contributed by atoms with Crippen molar-refractivity contribution in [2.24, 2.45) is 5.92 Å². The Morgan fingerprint density at radius 3 is 2.21 bits per heavy atom. The van der Waals surface area contributed by atoms with Gasteiger partial charge in [-0.05, 0) is 69.4 Å². The summed E-state index contributed by atoms with van der Waals surface area (Å²) in [5.74, 6) is 0.691. The van der Waals surface area contributed by atoms with E-state index in [9.17, 15) is 13.2 Å². The molecule has 0 bridgehead atoms. The second-order valence-electron chi connectivity index (χ2n) is 9.19. The van der Waals surface area contributed by atoms with Gasteiger partial charge in [0.05, 0.1) is 4.90 Å². The summed E-state index contributed by atoms with van der Waals surface area (Å²) in [6.07, 6.45) is 4.74. The summed E-state index contributed by atoms with van der Waals surface area (Å²) in [7, 11) is -3.58. The smallest absolute Gasteiger partial charge is 0.243 e. The molecule has 34 heavy (non-hydrogen) atoms. The van der Waals surface area contributed by atoms with Crippen LogP contribution >= 0.6 is 0 Å². The maximum absolute atomic E-state index is 13.3. The van der Waals surface area contributed by atoms with Crippen molar-refractivity contribution >= 4 is 21.6 Å². The number of aromatic nitrogens is 2. The zero-order chi connectivity index (χ0) is 24.5. The molecule has 1 saturated heterocycles. The van der Waals surface area contributed by atoms with Gasteiger partial charge in [0, 0.05) is 43.6 Å². The number of carbonyl (C=O) groups is 1. The third-order valence-electron chi connectivity index (χ3n) is 6.53. The highest BCUT2D eigenvalue weighted by Gasteiger charge is 2.33. The highest BCUT2D eigenvalue weighted by Crippen LogP contribution is 2.29. The Bertz CT molecular complexity index is 1260. The second-order valence-corrected chi connectivity index (χ2v) is 11.1. The van der Waals surface area contributed by atoms with Gasteiger partial charge in [-0.25, -0.2) is 13.4 Å². The first-order valence-corrected chi connectivity index (χ1v) is 13.0. The summed E-state index contributed by atoms with van der Waals surface area (Å²) in [5, 5.41) is 2.99. The molecule has 1 aliphatic rings. The Morgan fingerprint density at radius 1 is 1.03 bits per heavy atom. The minimum absolute atomic E-state index is 0.0575. The fraction of sp³-hybridized carbons (Fsp3) is 0.385. The van der Waals surface area contributed by atoms with Crippen molar-refractivity contribution in [2.45, 2.75) is 52.0 Å². The Balaban J connectivity index is 1.35. The molecule has 2 heterocycles. The van der Waals surface area contributed by atoms with E-state index >= 15 is 0 Å². The number of benzene rings is 2. The fourth-order valence-electron chi connectivity index (χ4n) is 4.77. The van der Waals surface area contributed by atoms with Crippen molar-refractivity contribution in [2.75, 3.05) is 18.4 Å².